The number of hydrogen-bond acceptors (Lipinski definition) is 4. The number of piperazine rings is 1. The van der Waals surface area contributed by atoms with Crippen molar-refractivity contribution in [2.75, 3.05) is 43.5 Å². The average molecular weight is 407 g/mol. The van der Waals surface area contributed by atoms with Gasteiger partial charge >= 0.3 is 18.2 Å². The zero-order chi connectivity index (χ0) is 21.0. The summed E-state index contributed by atoms with van der Waals surface area (Å²) in [7, 11) is 1.28. The zero-order valence-corrected chi connectivity index (χ0v) is 15.7. The fraction of sp³-hybridized carbons (Fsp3) is 0.300. The molecule has 1 N–H and O–H groups in total. The minimum absolute atomic E-state index is 0.319. The Morgan fingerprint density at radius 3 is 2.34 bits per heavy atom. The molecule has 2 amide bonds. The van der Waals surface area contributed by atoms with Gasteiger partial charge in [-0.25, -0.2) is 9.59 Å². The van der Waals surface area contributed by atoms with Gasteiger partial charge in [0.15, 0.2) is 0 Å². The molecule has 0 aromatic heterocycles. The topological polar surface area (TPSA) is 61.9 Å². The largest absolute Gasteiger partial charge is 0.465 e. The van der Waals surface area contributed by atoms with E-state index in [1.165, 1.54) is 19.2 Å². The van der Waals surface area contributed by atoms with Gasteiger partial charge in [-0.1, -0.05) is 12.1 Å². The van der Waals surface area contributed by atoms with Crippen LogP contribution in [0.15, 0.2) is 48.5 Å². The second-order valence-corrected chi connectivity index (χ2v) is 6.52. The molecule has 0 spiro atoms. The van der Waals surface area contributed by atoms with Gasteiger partial charge in [0, 0.05) is 37.6 Å². The predicted molar refractivity (Wildman–Crippen MR) is 102 cm³/mol. The molecular weight excluding hydrogens is 387 g/mol. The van der Waals surface area contributed by atoms with Gasteiger partial charge in [0.1, 0.15) is 0 Å². The Kier molecular flexibility index (Phi) is 5.95. The van der Waals surface area contributed by atoms with Crippen molar-refractivity contribution >= 4 is 23.4 Å². The highest BCUT2D eigenvalue weighted by Gasteiger charge is 2.31. The molecule has 0 aliphatic carbocycles. The standard InChI is InChI=1S/C20H20F3N3O3/c1-29-18(27)14-4-2-6-16(12-14)24-19(28)26-10-8-25(9-11-26)17-7-3-5-15(13-17)20(21,22)23/h2-7,12-13H,8-11H2,1H3,(H,24,28). The molecule has 0 bridgehead atoms. The maximum Gasteiger partial charge on any atom is 0.416 e. The summed E-state index contributed by atoms with van der Waals surface area (Å²) in [6.45, 7) is 1.55. The summed E-state index contributed by atoms with van der Waals surface area (Å²) < 4.78 is 43.4. The number of carbonyl (C=O) groups is 2. The summed E-state index contributed by atoms with van der Waals surface area (Å²) in [5, 5.41) is 2.73. The highest BCUT2D eigenvalue weighted by Crippen LogP contribution is 2.31. The fourth-order valence-corrected chi connectivity index (χ4v) is 3.09. The van der Waals surface area contributed by atoms with Crippen molar-refractivity contribution in [3.05, 3.63) is 59.7 Å². The lowest BCUT2D eigenvalue weighted by Gasteiger charge is -2.36. The van der Waals surface area contributed by atoms with Crippen LogP contribution in [-0.4, -0.2) is 50.2 Å². The summed E-state index contributed by atoms with van der Waals surface area (Å²) in [4.78, 5) is 27.5. The smallest absolute Gasteiger partial charge is 0.416 e. The van der Waals surface area contributed by atoms with Gasteiger partial charge in [0.05, 0.1) is 18.2 Å². The van der Waals surface area contributed by atoms with Gasteiger partial charge in [0.25, 0.3) is 0 Å². The summed E-state index contributed by atoms with van der Waals surface area (Å²) in [6.07, 6.45) is -4.39. The second-order valence-electron chi connectivity index (χ2n) is 6.52. The van der Waals surface area contributed by atoms with Gasteiger partial charge in [-0.15, -0.1) is 0 Å². The molecule has 6 nitrogen and oxygen atoms in total. The third-order valence-corrected chi connectivity index (χ3v) is 4.64. The second kappa shape index (κ2) is 8.42. The van der Waals surface area contributed by atoms with E-state index in [2.05, 4.69) is 10.1 Å². The molecule has 1 aliphatic heterocycles. The molecule has 29 heavy (non-hydrogen) atoms. The summed E-state index contributed by atoms with van der Waals surface area (Å²) in [5.74, 6) is -0.504. The minimum Gasteiger partial charge on any atom is -0.465 e. The molecule has 1 aliphatic rings. The number of hydrogen-bond donors (Lipinski definition) is 1. The molecule has 3 rings (SSSR count). The molecule has 0 unspecified atom stereocenters. The predicted octanol–water partition coefficient (Wildman–Crippen LogP) is 3.85. The van der Waals surface area contributed by atoms with Crippen molar-refractivity contribution in [3.63, 3.8) is 0 Å². The maximum atomic E-state index is 12.9. The van der Waals surface area contributed by atoms with Crippen LogP contribution in [0.3, 0.4) is 0 Å². The molecule has 0 atom stereocenters. The lowest BCUT2D eigenvalue weighted by atomic mass is 10.1. The van der Waals surface area contributed by atoms with Crippen molar-refractivity contribution < 1.29 is 27.5 Å². The SMILES string of the molecule is COC(=O)c1cccc(NC(=O)N2CCN(c3cccc(C(F)(F)F)c3)CC2)c1. The van der Waals surface area contributed by atoms with Crippen LogP contribution < -0.4 is 10.2 Å². The van der Waals surface area contributed by atoms with E-state index >= 15 is 0 Å². The normalized spacial score (nSPS) is 14.5. The maximum absolute atomic E-state index is 12.9. The average Bonchev–Trinajstić information content (AvgIpc) is 2.73. The van der Waals surface area contributed by atoms with E-state index in [4.69, 9.17) is 0 Å². The Hall–Kier alpha value is -3.23. The number of amides is 2. The number of ether oxygens (including phenoxy) is 1. The van der Waals surface area contributed by atoms with E-state index in [1.807, 2.05) is 4.90 Å². The Bertz CT molecular complexity index is 894. The molecule has 1 fully saturated rings. The molecule has 0 radical (unpaired) electrons. The first-order chi connectivity index (χ1) is 13.8. The molecule has 1 heterocycles. The molecule has 2 aromatic carbocycles. The number of benzene rings is 2. The van der Waals surface area contributed by atoms with Crippen LogP contribution in [0.5, 0.6) is 0 Å². The van der Waals surface area contributed by atoms with Crippen LogP contribution in [0.2, 0.25) is 0 Å². The number of methoxy groups -OCH3 is 1. The Morgan fingerprint density at radius 1 is 1.00 bits per heavy atom. The number of carbonyl (C=O) groups excluding carboxylic acids is 2. The van der Waals surface area contributed by atoms with E-state index in [0.717, 1.165) is 12.1 Å². The van der Waals surface area contributed by atoms with Crippen molar-refractivity contribution in [2.24, 2.45) is 0 Å². The van der Waals surface area contributed by atoms with Gasteiger partial charge in [-0.3, -0.25) is 0 Å². The van der Waals surface area contributed by atoms with Crippen molar-refractivity contribution in [2.45, 2.75) is 6.18 Å². The van der Waals surface area contributed by atoms with E-state index in [1.54, 1.807) is 29.2 Å². The Labute approximate surface area is 165 Å². The lowest BCUT2D eigenvalue weighted by molar-refractivity contribution is -0.137. The first kappa shape index (κ1) is 20.5. The molecule has 2 aromatic rings. The molecule has 1 saturated heterocycles. The van der Waals surface area contributed by atoms with E-state index in [-0.39, 0.29) is 6.03 Å². The van der Waals surface area contributed by atoms with E-state index < -0.39 is 17.7 Å². The first-order valence-corrected chi connectivity index (χ1v) is 8.94. The first-order valence-electron chi connectivity index (χ1n) is 8.94. The number of halogens is 3. The monoisotopic (exact) mass is 407 g/mol. The summed E-state index contributed by atoms with van der Waals surface area (Å²) >= 11 is 0. The number of rotatable bonds is 3. The number of nitrogens with zero attached hydrogens (tertiary/aromatic N) is 2. The van der Waals surface area contributed by atoms with Gasteiger partial charge in [0.2, 0.25) is 0 Å². The van der Waals surface area contributed by atoms with Crippen LogP contribution in [0.25, 0.3) is 0 Å². The van der Waals surface area contributed by atoms with E-state index in [0.29, 0.717) is 43.1 Å². The molecule has 154 valence electrons. The third-order valence-electron chi connectivity index (χ3n) is 4.64. The molecule has 0 saturated carbocycles. The molecule has 9 heteroatoms. The van der Waals surface area contributed by atoms with Crippen molar-refractivity contribution in [3.8, 4) is 0 Å². The van der Waals surface area contributed by atoms with Gasteiger partial charge in [-0.05, 0) is 36.4 Å². The van der Waals surface area contributed by atoms with Crippen LogP contribution in [-0.2, 0) is 10.9 Å². The van der Waals surface area contributed by atoms with E-state index in [9.17, 15) is 22.8 Å². The van der Waals surface area contributed by atoms with Crippen LogP contribution >= 0.6 is 0 Å². The number of nitrogens with one attached hydrogen (secondary N) is 1. The third kappa shape index (κ3) is 4.98. The number of alkyl halides is 3. The van der Waals surface area contributed by atoms with Crippen LogP contribution in [0.4, 0.5) is 29.3 Å². The lowest BCUT2D eigenvalue weighted by Crippen LogP contribution is -2.50. The van der Waals surface area contributed by atoms with Crippen molar-refractivity contribution in [1.29, 1.82) is 0 Å². The molecular formula is C20H20F3N3O3. The quantitative estimate of drug-likeness (QED) is 0.786. The highest BCUT2D eigenvalue weighted by molar-refractivity contribution is 5.94. The fourth-order valence-electron chi connectivity index (χ4n) is 3.09. The summed E-state index contributed by atoms with van der Waals surface area (Å²) in [6, 6.07) is 11.2. The highest BCUT2D eigenvalue weighted by atomic mass is 19.4. The number of anilines is 2. The summed E-state index contributed by atoms with van der Waals surface area (Å²) in [5.41, 5.74) is 0.559. The van der Waals surface area contributed by atoms with Gasteiger partial charge < -0.3 is 19.9 Å². The van der Waals surface area contributed by atoms with Crippen LogP contribution in [0, 0.1) is 0 Å². The number of urea groups is 1. The van der Waals surface area contributed by atoms with Crippen LogP contribution in [0.1, 0.15) is 15.9 Å². The minimum atomic E-state index is -4.39. The Balaban J connectivity index is 1.60. The van der Waals surface area contributed by atoms with Gasteiger partial charge in [-0.2, -0.15) is 13.2 Å². The zero-order valence-electron chi connectivity index (χ0n) is 15.7. The van der Waals surface area contributed by atoms with Crippen molar-refractivity contribution in [1.82, 2.24) is 4.90 Å². The number of esters is 1. The Morgan fingerprint density at radius 2 is 1.69 bits per heavy atom.